The number of carboxylic acids is 1. The molecule has 0 aromatic carbocycles. The van der Waals surface area contributed by atoms with Crippen molar-refractivity contribution in [1.29, 1.82) is 0 Å². The Kier molecular flexibility index (Phi) is 4.29. The third-order valence-electron chi connectivity index (χ3n) is 2.89. The fourth-order valence-corrected chi connectivity index (χ4v) is 1.64. The summed E-state index contributed by atoms with van der Waals surface area (Å²) in [6, 6.07) is 0. The Labute approximate surface area is 90.0 Å². The van der Waals surface area contributed by atoms with Gasteiger partial charge in [0, 0.05) is 18.7 Å². The van der Waals surface area contributed by atoms with Crippen LogP contribution in [0.25, 0.3) is 0 Å². The van der Waals surface area contributed by atoms with E-state index >= 15 is 0 Å². The highest BCUT2D eigenvalue weighted by Crippen LogP contribution is 2.30. The van der Waals surface area contributed by atoms with Crippen LogP contribution in [-0.4, -0.2) is 34.9 Å². The minimum atomic E-state index is -0.860. The molecule has 1 fully saturated rings. The van der Waals surface area contributed by atoms with Gasteiger partial charge in [-0.25, -0.2) is 4.79 Å². The largest absolute Gasteiger partial charge is 0.478 e. The molecular weight excluding hydrogens is 194 g/mol. The molecule has 1 saturated carbocycles. The number of hydrogen-bond donors (Lipinski definition) is 3. The Morgan fingerprint density at radius 1 is 1.53 bits per heavy atom. The summed E-state index contributed by atoms with van der Waals surface area (Å²) in [7, 11) is 0. The lowest BCUT2D eigenvalue weighted by Gasteiger charge is -2.36. The fourth-order valence-electron chi connectivity index (χ4n) is 1.64. The SMILES string of the molecule is CCC(=CCNCC1(O)CCC1)C(=O)O. The zero-order valence-corrected chi connectivity index (χ0v) is 9.12. The molecule has 0 amide bonds. The smallest absolute Gasteiger partial charge is 0.331 e. The highest BCUT2D eigenvalue weighted by atomic mass is 16.4. The molecule has 1 rings (SSSR count). The molecule has 4 nitrogen and oxygen atoms in total. The van der Waals surface area contributed by atoms with Crippen LogP contribution >= 0.6 is 0 Å². The first-order valence-corrected chi connectivity index (χ1v) is 5.43. The second-order valence-electron chi connectivity index (χ2n) is 4.10. The number of carboxylic acid groups (broad SMARTS) is 1. The number of hydrogen-bond acceptors (Lipinski definition) is 3. The van der Waals surface area contributed by atoms with Gasteiger partial charge in [0.05, 0.1) is 5.60 Å². The van der Waals surface area contributed by atoms with Gasteiger partial charge in [-0.3, -0.25) is 0 Å². The van der Waals surface area contributed by atoms with Gasteiger partial charge in [-0.1, -0.05) is 13.0 Å². The lowest BCUT2D eigenvalue weighted by Crippen LogP contribution is -2.46. The van der Waals surface area contributed by atoms with E-state index in [2.05, 4.69) is 5.32 Å². The number of aliphatic carboxylic acids is 1. The molecule has 4 heteroatoms. The van der Waals surface area contributed by atoms with Crippen LogP contribution in [0.3, 0.4) is 0 Å². The number of nitrogens with one attached hydrogen (secondary N) is 1. The normalized spacial score (nSPS) is 19.7. The molecule has 86 valence electrons. The standard InChI is InChI=1S/C11H19NO3/c1-2-9(10(13)14)4-7-12-8-11(15)5-3-6-11/h4,12,15H,2-3,5-8H2,1H3,(H,13,14). The molecule has 1 aliphatic carbocycles. The Balaban J connectivity index is 2.22. The second kappa shape index (κ2) is 5.28. The van der Waals surface area contributed by atoms with Gasteiger partial charge in [0.2, 0.25) is 0 Å². The van der Waals surface area contributed by atoms with Crippen LogP contribution in [0.2, 0.25) is 0 Å². The van der Waals surface area contributed by atoms with Crippen molar-refractivity contribution in [2.75, 3.05) is 13.1 Å². The van der Waals surface area contributed by atoms with Crippen molar-refractivity contribution >= 4 is 5.97 Å². The average Bonchev–Trinajstić information content (AvgIpc) is 2.14. The Bertz CT molecular complexity index is 257. The minimum absolute atomic E-state index is 0.420. The van der Waals surface area contributed by atoms with Crippen LogP contribution in [0.4, 0.5) is 0 Å². The summed E-state index contributed by atoms with van der Waals surface area (Å²) in [4.78, 5) is 10.6. The predicted molar refractivity (Wildman–Crippen MR) is 57.7 cm³/mol. The average molecular weight is 213 g/mol. The summed E-state index contributed by atoms with van der Waals surface area (Å²) in [6.07, 6.45) is 4.99. The zero-order chi connectivity index (χ0) is 11.3. The third-order valence-corrected chi connectivity index (χ3v) is 2.89. The summed E-state index contributed by atoms with van der Waals surface area (Å²) in [6.45, 7) is 2.89. The number of aliphatic hydroxyl groups is 1. The fraction of sp³-hybridized carbons (Fsp3) is 0.727. The van der Waals surface area contributed by atoms with Gasteiger partial charge in [-0.05, 0) is 25.7 Å². The Morgan fingerprint density at radius 2 is 2.20 bits per heavy atom. The van der Waals surface area contributed by atoms with Crippen molar-refractivity contribution in [2.24, 2.45) is 0 Å². The van der Waals surface area contributed by atoms with Gasteiger partial charge in [-0.15, -0.1) is 0 Å². The van der Waals surface area contributed by atoms with Gasteiger partial charge < -0.3 is 15.5 Å². The summed E-state index contributed by atoms with van der Waals surface area (Å²) in [5.74, 6) is -0.860. The van der Waals surface area contributed by atoms with E-state index in [-0.39, 0.29) is 0 Å². The summed E-state index contributed by atoms with van der Waals surface area (Å²) in [5.41, 5.74) is -0.119. The zero-order valence-electron chi connectivity index (χ0n) is 9.12. The lowest BCUT2D eigenvalue weighted by atomic mass is 9.80. The molecule has 1 aliphatic rings. The van der Waals surface area contributed by atoms with Crippen molar-refractivity contribution in [3.8, 4) is 0 Å². The van der Waals surface area contributed by atoms with Crippen molar-refractivity contribution in [3.63, 3.8) is 0 Å². The molecule has 0 aliphatic heterocycles. The van der Waals surface area contributed by atoms with E-state index in [0.29, 0.717) is 25.1 Å². The molecule has 0 atom stereocenters. The number of carbonyl (C=O) groups is 1. The van der Waals surface area contributed by atoms with E-state index < -0.39 is 11.6 Å². The third kappa shape index (κ3) is 3.64. The van der Waals surface area contributed by atoms with Crippen molar-refractivity contribution in [2.45, 2.75) is 38.2 Å². The van der Waals surface area contributed by atoms with Gasteiger partial charge >= 0.3 is 5.97 Å². The van der Waals surface area contributed by atoms with Gasteiger partial charge in [0.15, 0.2) is 0 Å². The van der Waals surface area contributed by atoms with Crippen molar-refractivity contribution < 1.29 is 15.0 Å². The first-order valence-electron chi connectivity index (χ1n) is 5.43. The van der Waals surface area contributed by atoms with E-state index in [1.54, 1.807) is 6.08 Å². The van der Waals surface area contributed by atoms with E-state index in [1.807, 2.05) is 6.92 Å². The molecule has 0 aromatic rings. The molecule has 3 N–H and O–H groups in total. The quantitative estimate of drug-likeness (QED) is 0.453. The van der Waals surface area contributed by atoms with Crippen LogP contribution < -0.4 is 5.32 Å². The molecule has 0 spiro atoms. The maximum absolute atomic E-state index is 10.6. The predicted octanol–water partition coefficient (Wildman–Crippen LogP) is 0.912. The lowest BCUT2D eigenvalue weighted by molar-refractivity contribution is -0.132. The maximum atomic E-state index is 10.6. The van der Waals surface area contributed by atoms with Crippen LogP contribution in [-0.2, 0) is 4.79 Å². The van der Waals surface area contributed by atoms with E-state index in [1.165, 1.54) is 0 Å². The van der Waals surface area contributed by atoms with Crippen LogP contribution in [0.5, 0.6) is 0 Å². The van der Waals surface area contributed by atoms with E-state index in [0.717, 1.165) is 19.3 Å². The maximum Gasteiger partial charge on any atom is 0.331 e. The van der Waals surface area contributed by atoms with Gasteiger partial charge in [0.25, 0.3) is 0 Å². The van der Waals surface area contributed by atoms with Crippen molar-refractivity contribution in [3.05, 3.63) is 11.6 Å². The first-order chi connectivity index (χ1) is 7.07. The molecular formula is C11H19NO3. The molecule has 0 saturated heterocycles. The summed E-state index contributed by atoms with van der Waals surface area (Å²) in [5, 5.41) is 21.5. The van der Waals surface area contributed by atoms with Gasteiger partial charge in [0.1, 0.15) is 0 Å². The van der Waals surface area contributed by atoms with Crippen molar-refractivity contribution in [1.82, 2.24) is 5.32 Å². The molecule has 0 bridgehead atoms. The number of rotatable bonds is 6. The van der Waals surface area contributed by atoms with Crippen LogP contribution in [0, 0.1) is 0 Å². The van der Waals surface area contributed by atoms with E-state index in [4.69, 9.17) is 5.11 Å². The van der Waals surface area contributed by atoms with Gasteiger partial charge in [-0.2, -0.15) is 0 Å². The molecule has 0 unspecified atom stereocenters. The topological polar surface area (TPSA) is 69.6 Å². The highest BCUT2D eigenvalue weighted by Gasteiger charge is 2.33. The Hall–Kier alpha value is -0.870. The summed E-state index contributed by atoms with van der Waals surface area (Å²) >= 11 is 0. The molecule has 0 aromatic heterocycles. The highest BCUT2D eigenvalue weighted by molar-refractivity contribution is 5.86. The van der Waals surface area contributed by atoms with Crippen LogP contribution in [0.15, 0.2) is 11.6 Å². The molecule has 15 heavy (non-hydrogen) atoms. The minimum Gasteiger partial charge on any atom is -0.478 e. The first kappa shape index (κ1) is 12.2. The van der Waals surface area contributed by atoms with Crippen LogP contribution in [0.1, 0.15) is 32.6 Å². The second-order valence-corrected chi connectivity index (χ2v) is 4.10. The monoisotopic (exact) mass is 213 g/mol. The van der Waals surface area contributed by atoms with E-state index in [9.17, 15) is 9.90 Å². The molecule has 0 radical (unpaired) electrons. The molecule has 0 heterocycles. The Morgan fingerprint density at radius 3 is 2.60 bits per heavy atom. The summed E-state index contributed by atoms with van der Waals surface area (Å²) < 4.78 is 0.